The summed E-state index contributed by atoms with van der Waals surface area (Å²) >= 11 is 15.7. The molecule has 0 spiro atoms. The largest absolute Gasteiger partial charge is 0.348 e. The standard InChI is InChI=1S/C17H11BrCl2N2O2/c18-12-6-4-11(5-7-12)8-21-9-14(16(20)10-21)13-2-1-3-15(19)17(13)22(23)24/h1-7,9-10H,8H2. The number of para-hydroxylation sites is 1. The number of aromatic nitrogens is 1. The Morgan fingerprint density at radius 1 is 1.00 bits per heavy atom. The second-order valence-corrected chi connectivity index (χ2v) is 6.94. The maximum Gasteiger partial charge on any atom is 0.295 e. The third-order valence-corrected chi connectivity index (χ3v) is 4.70. The van der Waals surface area contributed by atoms with Crippen molar-refractivity contribution in [3.8, 4) is 11.1 Å². The van der Waals surface area contributed by atoms with Crippen LogP contribution in [-0.2, 0) is 6.54 Å². The van der Waals surface area contributed by atoms with Crippen LogP contribution in [-0.4, -0.2) is 9.49 Å². The zero-order valence-corrected chi connectivity index (χ0v) is 15.3. The molecule has 3 aromatic rings. The molecule has 1 aromatic heterocycles. The van der Waals surface area contributed by atoms with Gasteiger partial charge in [-0.25, -0.2) is 0 Å². The highest BCUT2D eigenvalue weighted by Gasteiger charge is 2.22. The van der Waals surface area contributed by atoms with Gasteiger partial charge >= 0.3 is 0 Å². The highest BCUT2D eigenvalue weighted by Crippen LogP contribution is 2.39. The molecule has 3 rings (SSSR count). The van der Waals surface area contributed by atoms with Gasteiger partial charge in [-0.05, 0) is 29.8 Å². The van der Waals surface area contributed by atoms with Gasteiger partial charge in [0.2, 0.25) is 0 Å². The van der Waals surface area contributed by atoms with Crippen molar-refractivity contribution in [1.29, 1.82) is 0 Å². The summed E-state index contributed by atoms with van der Waals surface area (Å²) in [6.45, 7) is 0.612. The molecule has 0 aliphatic rings. The van der Waals surface area contributed by atoms with E-state index >= 15 is 0 Å². The highest BCUT2D eigenvalue weighted by molar-refractivity contribution is 9.10. The summed E-state index contributed by atoms with van der Waals surface area (Å²) in [5.41, 5.74) is 1.95. The van der Waals surface area contributed by atoms with Crippen LogP contribution in [0.4, 0.5) is 5.69 Å². The Kier molecular flexibility index (Phi) is 4.94. The van der Waals surface area contributed by atoms with Crippen molar-refractivity contribution >= 4 is 44.8 Å². The molecule has 0 saturated heterocycles. The van der Waals surface area contributed by atoms with E-state index in [-0.39, 0.29) is 10.7 Å². The maximum absolute atomic E-state index is 11.3. The lowest BCUT2D eigenvalue weighted by Crippen LogP contribution is -1.96. The van der Waals surface area contributed by atoms with Crippen LogP contribution >= 0.6 is 39.1 Å². The minimum Gasteiger partial charge on any atom is -0.348 e. The first-order valence-electron chi connectivity index (χ1n) is 6.98. The normalized spacial score (nSPS) is 10.8. The Morgan fingerprint density at radius 2 is 1.71 bits per heavy atom. The molecule has 0 fully saturated rings. The Bertz CT molecular complexity index is 907. The van der Waals surface area contributed by atoms with Gasteiger partial charge in [-0.2, -0.15) is 0 Å². The van der Waals surface area contributed by atoms with Gasteiger partial charge in [-0.3, -0.25) is 10.1 Å². The first-order valence-corrected chi connectivity index (χ1v) is 8.53. The zero-order chi connectivity index (χ0) is 17.3. The average Bonchev–Trinajstić information content (AvgIpc) is 2.89. The minimum atomic E-state index is -0.486. The molecule has 0 saturated carbocycles. The van der Waals surface area contributed by atoms with E-state index < -0.39 is 4.92 Å². The molecule has 7 heteroatoms. The smallest absolute Gasteiger partial charge is 0.295 e. The highest BCUT2D eigenvalue weighted by atomic mass is 79.9. The van der Waals surface area contributed by atoms with Gasteiger partial charge in [-0.15, -0.1) is 0 Å². The predicted octanol–water partition coefficient (Wildman–Crippen LogP) is 6.18. The first-order chi connectivity index (χ1) is 11.5. The Balaban J connectivity index is 1.99. The lowest BCUT2D eigenvalue weighted by molar-refractivity contribution is -0.384. The van der Waals surface area contributed by atoms with E-state index in [0.29, 0.717) is 22.7 Å². The van der Waals surface area contributed by atoms with E-state index in [4.69, 9.17) is 23.2 Å². The number of nitrogens with zero attached hydrogens (tertiary/aromatic N) is 2. The molecule has 0 bridgehead atoms. The summed E-state index contributed by atoms with van der Waals surface area (Å²) in [5, 5.41) is 11.9. The number of benzene rings is 2. The van der Waals surface area contributed by atoms with Crippen molar-refractivity contribution < 1.29 is 4.92 Å². The number of nitro benzene ring substituents is 1. The van der Waals surface area contributed by atoms with Crippen LogP contribution in [0.25, 0.3) is 11.1 Å². The molecule has 122 valence electrons. The van der Waals surface area contributed by atoms with E-state index in [1.807, 2.05) is 28.8 Å². The molecule has 0 amide bonds. The monoisotopic (exact) mass is 424 g/mol. The summed E-state index contributed by atoms with van der Waals surface area (Å²) in [5.74, 6) is 0. The first kappa shape index (κ1) is 17.0. The van der Waals surface area contributed by atoms with E-state index in [1.54, 1.807) is 24.5 Å². The van der Waals surface area contributed by atoms with Crippen LogP contribution < -0.4 is 0 Å². The van der Waals surface area contributed by atoms with Gasteiger partial charge in [-0.1, -0.05) is 57.3 Å². The molecule has 0 aliphatic heterocycles. The van der Waals surface area contributed by atoms with Crippen molar-refractivity contribution in [2.75, 3.05) is 0 Å². The van der Waals surface area contributed by atoms with Crippen molar-refractivity contribution in [2.45, 2.75) is 6.54 Å². The van der Waals surface area contributed by atoms with E-state index in [1.165, 1.54) is 6.07 Å². The van der Waals surface area contributed by atoms with Gasteiger partial charge in [0.05, 0.1) is 15.5 Å². The number of nitro groups is 1. The molecular formula is C17H11BrCl2N2O2. The zero-order valence-electron chi connectivity index (χ0n) is 12.2. The van der Waals surface area contributed by atoms with Crippen LogP contribution in [0, 0.1) is 10.1 Å². The maximum atomic E-state index is 11.3. The molecule has 0 unspecified atom stereocenters. The second-order valence-electron chi connectivity index (χ2n) is 5.21. The lowest BCUT2D eigenvalue weighted by Gasteiger charge is -2.04. The van der Waals surface area contributed by atoms with Gasteiger partial charge in [0, 0.05) is 29.0 Å². The van der Waals surface area contributed by atoms with Crippen LogP contribution in [0.5, 0.6) is 0 Å². The molecule has 0 aliphatic carbocycles. The van der Waals surface area contributed by atoms with Crippen LogP contribution in [0.2, 0.25) is 10.0 Å². The fourth-order valence-electron chi connectivity index (χ4n) is 2.49. The minimum absolute atomic E-state index is 0.0919. The van der Waals surface area contributed by atoms with E-state index in [9.17, 15) is 10.1 Å². The average molecular weight is 426 g/mol. The van der Waals surface area contributed by atoms with E-state index in [2.05, 4.69) is 15.9 Å². The summed E-state index contributed by atoms with van der Waals surface area (Å²) in [7, 11) is 0. The van der Waals surface area contributed by atoms with Gasteiger partial charge in [0.15, 0.2) is 0 Å². The predicted molar refractivity (Wildman–Crippen MR) is 99.8 cm³/mol. The molecular weight excluding hydrogens is 415 g/mol. The summed E-state index contributed by atoms with van der Waals surface area (Å²) in [6, 6.07) is 12.7. The van der Waals surface area contributed by atoms with E-state index in [0.717, 1.165) is 10.0 Å². The Hall–Kier alpha value is -1.82. The molecule has 2 aromatic carbocycles. The van der Waals surface area contributed by atoms with Gasteiger partial charge in [0.25, 0.3) is 5.69 Å². The Labute approximate surface area is 156 Å². The number of halogens is 3. The molecule has 24 heavy (non-hydrogen) atoms. The number of rotatable bonds is 4. The van der Waals surface area contributed by atoms with Crippen LogP contribution in [0.1, 0.15) is 5.56 Å². The molecule has 0 radical (unpaired) electrons. The molecule has 0 N–H and O–H groups in total. The molecule has 4 nitrogen and oxygen atoms in total. The second kappa shape index (κ2) is 6.97. The molecule has 0 atom stereocenters. The fourth-order valence-corrected chi connectivity index (χ4v) is 3.27. The van der Waals surface area contributed by atoms with Crippen LogP contribution in [0.3, 0.4) is 0 Å². The quantitative estimate of drug-likeness (QED) is 0.370. The molecule has 1 heterocycles. The van der Waals surface area contributed by atoms with Gasteiger partial charge in [0.1, 0.15) is 5.02 Å². The summed E-state index contributed by atoms with van der Waals surface area (Å²) < 4.78 is 2.90. The number of hydrogen-bond donors (Lipinski definition) is 0. The number of hydrogen-bond acceptors (Lipinski definition) is 2. The van der Waals surface area contributed by atoms with Crippen molar-refractivity contribution in [2.24, 2.45) is 0 Å². The van der Waals surface area contributed by atoms with Crippen LogP contribution in [0.15, 0.2) is 59.3 Å². The SMILES string of the molecule is O=[N+]([O-])c1c(Cl)cccc1-c1cn(Cc2ccc(Br)cc2)cc1Cl. The van der Waals surface area contributed by atoms with Gasteiger partial charge < -0.3 is 4.57 Å². The summed E-state index contributed by atoms with van der Waals surface area (Å²) in [6.07, 6.45) is 3.55. The van der Waals surface area contributed by atoms with Crippen molar-refractivity contribution in [3.63, 3.8) is 0 Å². The topological polar surface area (TPSA) is 48.1 Å². The Morgan fingerprint density at radius 3 is 2.38 bits per heavy atom. The lowest BCUT2D eigenvalue weighted by atomic mass is 10.1. The third kappa shape index (κ3) is 3.48. The third-order valence-electron chi connectivity index (χ3n) is 3.57. The fraction of sp³-hybridized carbons (Fsp3) is 0.0588. The summed E-state index contributed by atoms with van der Waals surface area (Å²) in [4.78, 5) is 10.8. The van der Waals surface area contributed by atoms with Crippen molar-refractivity contribution in [3.05, 3.63) is 85.1 Å². The van der Waals surface area contributed by atoms with Crippen molar-refractivity contribution in [1.82, 2.24) is 4.57 Å².